The van der Waals surface area contributed by atoms with Crippen molar-refractivity contribution in [1.82, 2.24) is 5.43 Å². The van der Waals surface area contributed by atoms with E-state index in [1.54, 1.807) is 0 Å². The van der Waals surface area contributed by atoms with E-state index in [1.165, 1.54) is 5.75 Å². The molecule has 0 spiro atoms. The van der Waals surface area contributed by atoms with Crippen molar-refractivity contribution in [2.75, 3.05) is 11.5 Å². The molecule has 0 aliphatic heterocycles. The Hall–Kier alpha value is 0.01000. The summed E-state index contributed by atoms with van der Waals surface area (Å²) in [4.78, 5) is 0. The van der Waals surface area contributed by atoms with Crippen LogP contribution in [0.1, 0.15) is 13.8 Å². The van der Waals surface area contributed by atoms with Crippen LogP contribution in [-0.4, -0.2) is 17.5 Å². The standard InChI is InChI=1S/C8H18N2S/c1-4-8(10-9)6-11-5-7(2)3/h4,7-8,10H,1,5-6,9H2,2-3H3. The lowest BCUT2D eigenvalue weighted by Gasteiger charge is -2.10. The quantitative estimate of drug-likeness (QED) is 0.363. The van der Waals surface area contributed by atoms with E-state index < -0.39 is 0 Å². The lowest BCUT2D eigenvalue weighted by molar-refractivity contribution is 0.675. The molecule has 0 radical (unpaired) electrons. The molecule has 3 heteroatoms. The number of hydrogen-bond acceptors (Lipinski definition) is 3. The molecule has 66 valence electrons. The highest BCUT2D eigenvalue weighted by molar-refractivity contribution is 7.99. The maximum atomic E-state index is 5.27. The predicted octanol–water partition coefficient (Wildman–Crippen LogP) is 1.39. The molecule has 2 nitrogen and oxygen atoms in total. The number of nitrogens with one attached hydrogen (secondary N) is 1. The molecule has 0 aliphatic carbocycles. The van der Waals surface area contributed by atoms with Crippen LogP contribution >= 0.6 is 11.8 Å². The maximum Gasteiger partial charge on any atom is 0.0478 e. The molecule has 11 heavy (non-hydrogen) atoms. The Labute approximate surface area is 73.6 Å². The van der Waals surface area contributed by atoms with Crippen molar-refractivity contribution in [2.45, 2.75) is 19.9 Å². The monoisotopic (exact) mass is 174 g/mol. The van der Waals surface area contributed by atoms with Gasteiger partial charge in [-0.25, -0.2) is 0 Å². The first-order valence-corrected chi connectivity index (χ1v) is 5.02. The van der Waals surface area contributed by atoms with Crippen molar-refractivity contribution in [2.24, 2.45) is 11.8 Å². The molecule has 0 rings (SSSR count). The molecule has 0 fully saturated rings. The van der Waals surface area contributed by atoms with Gasteiger partial charge < -0.3 is 0 Å². The van der Waals surface area contributed by atoms with Crippen molar-refractivity contribution in [3.05, 3.63) is 12.7 Å². The fraction of sp³-hybridized carbons (Fsp3) is 0.750. The predicted molar refractivity (Wildman–Crippen MR) is 53.5 cm³/mol. The second-order valence-electron chi connectivity index (χ2n) is 2.94. The molecule has 0 bridgehead atoms. The fourth-order valence-corrected chi connectivity index (χ4v) is 1.71. The average molecular weight is 174 g/mol. The topological polar surface area (TPSA) is 38.0 Å². The van der Waals surface area contributed by atoms with E-state index in [-0.39, 0.29) is 6.04 Å². The van der Waals surface area contributed by atoms with Crippen LogP contribution in [0.25, 0.3) is 0 Å². The Bertz CT molecular complexity index is 104. The molecule has 0 aliphatic rings. The van der Waals surface area contributed by atoms with Crippen molar-refractivity contribution >= 4 is 11.8 Å². The zero-order valence-electron chi connectivity index (χ0n) is 7.34. The minimum absolute atomic E-state index is 0.249. The number of thioether (sulfide) groups is 1. The lowest BCUT2D eigenvalue weighted by Crippen LogP contribution is -2.35. The summed E-state index contributed by atoms with van der Waals surface area (Å²) in [6.45, 7) is 8.10. The van der Waals surface area contributed by atoms with Gasteiger partial charge in [0.25, 0.3) is 0 Å². The molecule has 3 N–H and O–H groups in total. The Morgan fingerprint density at radius 2 is 2.18 bits per heavy atom. The van der Waals surface area contributed by atoms with Crippen LogP contribution in [-0.2, 0) is 0 Å². The first kappa shape index (κ1) is 11.0. The largest absolute Gasteiger partial charge is 0.271 e. The van der Waals surface area contributed by atoms with Gasteiger partial charge in [0.2, 0.25) is 0 Å². The van der Waals surface area contributed by atoms with Gasteiger partial charge >= 0.3 is 0 Å². The number of hydrazine groups is 1. The molecule has 0 aromatic heterocycles. The van der Waals surface area contributed by atoms with E-state index in [0.717, 1.165) is 11.7 Å². The Kier molecular flexibility index (Phi) is 6.71. The molecule has 0 saturated heterocycles. The van der Waals surface area contributed by atoms with Gasteiger partial charge in [-0.2, -0.15) is 11.8 Å². The minimum Gasteiger partial charge on any atom is -0.271 e. The number of hydrogen-bond donors (Lipinski definition) is 2. The molecule has 0 aromatic rings. The smallest absolute Gasteiger partial charge is 0.0478 e. The zero-order chi connectivity index (χ0) is 8.69. The SMILES string of the molecule is C=CC(CSCC(C)C)NN. The van der Waals surface area contributed by atoms with Gasteiger partial charge in [0.15, 0.2) is 0 Å². The molecule has 0 amide bonds. The Balaban J connectivity index is 3.28. The normalized spacial score (nSPS) is 13.5. The van der Waals surface area contributed by atoms with Crippen LogP contribution in [0.3, 0.4) is 0 Å². The van der Waals surface area contributed by atoms with Gasteiger partial charge in [0.1, 0.15) is 0 Å². The highest BCUT2D eigenvalue weighted by atomic mass is 32.2. The summed E-state index contributed by atoms with van der Waals surface area (Å²) in [6, 6.07) is 0.249. The third-order valence-electron chi connectivity index (χ3n) is 1.25. The van der Waals surface area contributed by atoms with Crippen LogP contribution in [0.15, 0.2) is 12.7 Å². The van der Waals surface area contributed by atoms with Gasteiger partial charge in [0.05, 0.1) is 0 Å². The van der Waals surface area contributed by atoms with Crippen molar-refractivity contribution in [3.8, 4) is 0 Å². The molecule has 1 unspecified atom stereocenters. The van der Waals surface area contributed by atoms with Crippen molar-refractivity contribution in [1.29, 1.82) is 0 Å². The highest BCUT2D eigenvalue weighted by Crippen LogP contribution is 2.08. The molecule has 0 saturated carbocycles. The number of nitrogens with two attached hydrogens (primary N) is 1. The second kappa shape index (κ2) is 6.70. The summed E-state index contributed by atoms with van der Waals surface area (Å²) < 4.78 is 0. The molecule has 1 atom stereocenters. The summed E-state index contributed by atoms with van der Waals surface area (Å²) in [6.07, 6.45) is 1.84. The van der Waals surface area contributed by atoms with E-state index in [0.29, 0.717) is 0 Å². The third-order valence-corrected chi connectivity index (χ3v) is 2.74. The zero-order valence-corrected chi connectivity index (χ0v) is 8.16. The van der Waals surface area contributed by atoms with Crippen LogP contribution in [0.4, 0.5) is 0 Å². The second-order valence-corrected chi connectivity index (χ2v) is 4.02. The van der Waals surface area contributed by atoms with Crippen LogP contribution in [0.2, 0.25) is 0 Å². The van der Waals surface area contributed by atoms with Crippen LogP contribution in [0.5, 0.6) is 0 Å². The summed E-state index contributed by atoms with van der Waals surface area (Å²) >= 11 is 1.90. The molecule has 0 heterocycles. The van der Waals surface area contributed by atoms with E-state index in [1.807, 2.05) is 17.8 Å². The summed E-state index contributed by atoms with van der Waals surface area (Å²) in [5, 5.41) is 0. The van der Waals surface area contributed by atoms with Gasteiger partial charge in [-0.1, -0.05) is 19.9 Å². The van der Waals surface area contributed by atoms with Crippen molar-refractivity contribution < 1.29 is 0 Å². The summed E-state index contributed by atoms with van der Waals surface area (Å²) in [5.41, 5.74) is 2.69. The van der Waals surface area contributed by atoms with Crippen molar-refractivity contribution in [3.63, 3.8) is 0 Å². The van der Waals surface area contributed by atoms with Gasteiger partial charge in [0, 0.05) is 11.8 Å². The maximum absolute atomic E-state index is 5.27. The minimum atomic E-state index is 0.249. The highest BCUT2D eigenvalue weighted by Gasteiger charge is 2.01. The van der Waals surface area contributed by atoms with E-state index in [2.05, 4.69) is 25.9 Å². The summed E-state index contributed by atoms with van der Waals surface area (Å²) in [7, 11) is 0. The molecular formula is C8H18N2S. The first-order valence-electron chi connectivity index (χ1n) is 3.87. The van der Waals surface area contributed by atoms with Gasteiger partial charge in [-0.3, -0.25) is 11.3 Å². The molecular weight excluding hydrogens is 156 g/mol. The van der Waals surface area contributed by atoms with Crippen LogP contribution < -0.4 is 11.3 Å². The van der Waals surface area contributed by atoms with Gasteiger partial charge in [-0.15, -0.1) is 6.58 Å². The average Bonchev–Trinajstić information content (AvgIpc) is 1.98. The van der Waals surface area contributed by atoms with Crippen LogP contribution in [0, 0.1) is 5.92 Å². The fourth-order valence-electron chi connectivity index (χ4n) is 0.615. The van der Waals surface area contributed by atoms with E-state index in [9.17, 15) is 0 Å². The lowest BCUT2D eigenvalue weighted by atomic mass is 10.3. The Morgan fingerprint density at radius 3 is 2.55 bits per heavy atom. The van der Waals surface area contributed by atoms with E-state index in [4.69, 9.17) is 5.84 Å². The number of rotatable bonds is 6. The Morgan fingerprint density at radius 1 is 1.55 bits per heavy atom. The molecule has 0 aromatic carbocycles. The first-order chi connectivity index (χ1) is 5.20. The third kappa shape index (κ3) is 6.41. The summed E-state index contributed by atoms with van der Waals surface area (Å²) in [5.74, 6) is 8.22. The van der Waals surface area contributed by atoms with E-state index >= 15 is 0 Å². The van der Waals surface area contributed by atoms with Gasteiger partial charge in [-0.05, 0) is 11.7 Å².